The summed E-state index contributed by atoms with van der Waals surface area (Å²) in [5.74, 6) is 0.282. The van der Waals surface area contributed by atoms with Gasteiger partial charge in [-0.25, -0.2) is 0 Å². The molecule has 0 radical (unpaired) electrons. The fourth-order valence-corrected chi connectivity index (χ4v) is 3.99. The molecule has 2 heterocycles. The summed E-state index contributed by atoms with van der Waals surface area (Å²) in [5, 5.41) is 18.2. The van der Waals surface area contributed by atoms with Gasteiger partial charge in [-0.05, 0) is 29.3 Å². The third-order valence-corrected chi connectivity index (χ3v) is 5.47. The highest BCUT2D eigenvalue weighted by atomic mass is 16.5. The van der Waals surface area contributed by atoms with Gasteiger partial charge >= 0.3 is 5.97 Å². The number of carbonyl (C=O) groups excluding carboxylic acids is 1. The number of aromatic hydroxyl groups is 1. The number of hydrogen-bond acceptors (Lipinski definition) is 7. The van der Waals surface area contributed by atoms with Crippen LogP contribution >= 0.6 is 0 Å². The molecule has 3 aromatic rings. The molecule has 8 heteroatoms. The van der Waals surface area contributed by atoms with Gasteiger partial charge in [-0.2, -0.15) is 0 Å². The molecule has 1 aliphatic heterocycles. The second kappa shape index (κ2) is 8.25. The van der Waals surface area contributed by atoms with Gasteiger partial charge in [0.1, 0.15) is 0 Å². The highest BCUT2D eigenvalue weighted by Crippen LogP contribution is 2.42. The smallest absolute Gasteiger partial charge is 0.319 e. The molecule has 2 atom stereocenters. The summed E-state index contributed by atoms with van der Waals surface area (Å²) in [6, 6.07) is 11.5. The number of aromatic amines is 1. The van der Waals surface area contributed by atoms with Gasteiger partial charge in [-0.3, -0.25) is 15.4 Å². The van der Waals surface area contributed by atoms with E-state index in [0.29, 0.717) is 17.9 Å². The number of fused-ring (bicyclic) bond motifs is 3. The van der Waals surface area contributed by atoms with E-state index in [2.05, 4.69) is 21.7 Å². The van der Waals surface area contributed by atoms with Crippen LogP contribution in [0.5, 0.6) is 17.2 Å². The molecule has 0 fully saturated rings. The van der Waals surface area contributed by atoms with Gasteiger partial charge in [0, 0.05) is 23.0 Å². The van der Waals surface area contributed by atoms with Crippen molar-refractivity contribution in [3.63, 3.8) is 0 Å². The average Bonchev–Trinajstić information content (AvgIpc) is 3.15. The largest absolute Gasteiger partial charge is 0.502 e. The van der Waals surface area contributed by atoms with Crippen LogP contribution in [0.15, 0.2) is 36.4 Å². The number of H-pyrrole nitrogens is 1. The lowest BCUT2D eigenvalue weighted by Gasteiger charge is -2.32. The van der Waals surface area contributed by atoms with Crippen molar-refractivity contribution < 1.29 is 24.1 Å². The fourth-order valence-electron chi connectivity index (χ4n) is 3.99. The fraction of sp³-hybridized carbons (Fsp3) is 0.318. The van der Waals surface area contributed by atoms with E-state index in [0.717, 1.165) is 22.2 Å². The molecule has 158 valence electrons. The lowest BCUT2D eigenvalue weighted by atomic mass is 9.92. The van der Waals surface area contributed by atoms with Gasteiger partial charge < -0.3 is 24.3 Å². The van der Waals surface area contributed by atoms with Crippen LogP contribution in [0.4, 0.5) is 0 Å². The van der Waals surface area contributed by atoms with Crippen LogP contribution in [0.3, 0.4) is 0 Å². The van der Waals surface area contributed by atoms with Crippen LogP contribution in [-0.4, -0.2) is 50.1 Å². The first-order valence-electron chi connectivity index (χ1n) is 9.66. The monoisotopic (exact) mass is 411 g/mol. The summed E-state index contributed by atoms with van der Waals surface area (Å²) in [6.07, 6.45) is 0.533. The molecule has 0 saturated heterocycles. The summed E-state index contributed by atoms with van der Waals surface area (Å²) in [5.41, 5.74) is 4.10. The topological polar surface area (TPSA) is 105 Å². The van der Waals surface area contributed by atoms with Crippen molar-refractivity contribution in [3.05, 3.63) is 53.2 Å². The molecule has 0 aliphatic carbocycles. The van der Waals surface area contributed by atoms with Gasteiger partial charge in [0.15, 0.2) is 11.5 Å². The van der Waals surface area contributed by atoms with Crippen molar-refractivity contribution in [1.82, 2.24) is 15.6 Å². The van der Waals surface area contributed by atoms with Crippen molar-refractivity contribution in [2.24, 2.45) is 0 Å². The summed E-state index contributed by atoms with van der Waals surface area (Å²) >= 11 is 0. The lowest BCUT2D eigenvalue weighted by Crippen LogP contribution is -2.50. The second-order valence-electron chi connectivity index (χ2n) is 7.15. The van der Waals surface area contributed by atoms with E-state index >= 15 is 0 Å². The highest BCUT2D eigenvalue weighted by Gasteiger charge is 2.31. The second-order valence-corrected chi connectivity index (χ2v) is 7.15. The first-order valence-corrected chi connectivity index (χ1v) is 9.66. The van der Waals surface area contributed by atoms with Crippen LogP contribution < -0.4 is 20.1 Å². The first kappa shape index (κ1) is 20.1. The van der Waals surface area contributed by atoms with Gasteiger partial charge in [0.2, 0.25) is 5.75 Å². The molecule has 1 aromatic heterocycles. The Morgan fingerprint density at radius 2 is 1.87 bits per heavy atom. The first-order chi connectivity index (χ1) is 14.5. The molecular formula is C22H25N3O5. The number of phenols is 1. The zero-order valence-corrected chi connectivity index (χ0v) is 17.1. The normalized spacial score (nSPS) is 18.1. The zero-order valence-electron chi connectivity index (χ0n) is 17.1. The van der Waals surface area contributed by atoms with E-state index in [-0.39, 0.29) is 30.5 Å². The minimum Gasteiger partial charge on any atom is -0.502 e. The maximum atomic E-state index is 11.6. The Labute approximate surface area is 174 Å². The summed E-state index contributed by atoms with van der Waals surface area (Å²) in [6.45, 7) is 0.0980. The molecule has 0 spiro atoms. The number of carbonyl (C=O) groups is 1. The molecule has 2 aromatic carbocycles. The van der Waals surface area contributed by atoms with Gasteiger partial charge in [-0.1, -0.05) is 18.2 Å². The number of methoxy groups -OCH3 is 3. The molecule has 1 aliphatic rings. The minimum absolute atomic E-state index is 0.0446. The third-order valence-electron chi connectivity index (χ3n) is 5.47. The van der Waals surface area contributed by atoms with E-state index in [1.165, 1.54) is 26.9 Å². The van der Waals surface area contributed by atoms with Crippen LogP contribution in [-0.2, 0) is 16.0 Å². The Kier molecular flexibility index (Phi) is 5.52. The maximum Gasteiger partial charge on any atom is 0.319 e. The number of ether oxygens (including phenoxy) is 3. The van der Waals surface area contributed by atoms with E-state index in [9.17, 15) is 9.90 Å². The van der Waals surface area contributed by atoms with E-state index < -0.39 is 0 Å². The van der Waals surface area contributed by atoms with Crippen LogP contribution in [0, 0.1) is 0 Å². The Morgan fingerprint density at radius 3 is 2.53 bits per heavy atom. The maximum absolute atomic E-state index is 11.6. The molecule has 0 saturated carbocycles. The number of para-hydroxylation sites is 1. The van der Waals surface area contributed by atoms with E-state index in [4.69, 9.17) is 14.2 Å². The Balaban J connectivity index is 1.79. The molecule has 0 unspecified atom stereocenters. The molecule has 4 N–H and O–H groups in total. The SMILES string of the molecule is COC(=O)CN[C@@H]1Cc2c([nH]c3ccccc23)[C@@H](c2cc(OC)c(O)c(OC)c2)N1. The lowest BCUT2D eigenvalue weighted by molar-refractivity contribution is -0.139. The van der Waals surface area contributed by atoms with Gasteiger partial charge in [0.25, 0.3) is 0 Å². The predicted molar refractivity (Wildman–Crippen MR) is 112 cm³/mol. The van der Waals surface area contributed by atoms with Crippen molar-refractivity contribution >= 4 is 16.9 Å². The van der Waals surface area contributed by atoms with Gasteiger partial charge in [-0.15, -0.1) is 0 Å². The molecule has 0 amide bonds. The highest BCUT2D eigenvalue weighted by molar-refractivity contribution is 5.85. The van der Waals surface area contributed by atoms with Crippen molar-refractivity contribution in [1.29, 1.82) is 0 Å². The van der Waals surface area contributed by atoms with Crippen LogP contribution in [0.2, 0.25) is 0 Å². The van der Waals surface area contributed by atoms with Crippen molar-refractivity contribution in [2.75, 3.05) is 27.9 Å². The number of esters is 1. The van der Waals surface area contributed by atoms with Gasteiger partial charge in [0.05, 0.1) is 40.1 Å². The molecule has 8 nitrogen and oxygen atoms in total. The Hall–Kier alpha value is -3.23. The third kappa shape index (κ3) is 3.55. The van der Waals surface area contributed by atoms with E-state index in [1.807, 2.05) is 18.2 Å². The average molecular weight is 411 g/mol. The quantitative estimate of drug-likeness (QED) is 0.461. The Bertz CT molecular complexity index is 1050. The number of aromatic nitrogens is 1. The van der Waals surface area contributed by atoms with Crippen molar-refractivity contribution in [3.8, 4) is 17.2 Å². The summed E-state index contributed by atoms with van der Waals surface area (Å²) in [4.78, 5) is 15.2. The number of hydrogen-bond donors (Lipinski definition) is 4. The number of rotatable bonds is 6. The predicted octanol–water partition coefficient (Wildman–Crippen LogP) is 2.21. The number of benzene rings is 2. The van der Waals surface area contributed by atoms with E-state index in [1.54, 1.807) is 12.1 Å². The number of nitrogens with one attached hydrogen (secondary N) is 3. The number of phenolic OH excluding ortho intramolecular Hbond substituents is 1. The van der Waals surface area contributed by atoms with Crippen LogP contribution in [0.25, 0.3) is 10.9 Å². The summed E-state index contributed by atoms with van der Waals surface area (Å²) in [7, 11) is 4.37. The zero-order chi connectivity index (χ0) is 21.3. The minimum atomic E-state index is -0.328. The van der Waals surface area contributed by atoms with Crippen LogP contribution in [0.1, 0.15) is 22.9 Å². The van der Waals surface area contributed by atoms with Crippen molar-refractivity contribution in [2.45, 2.75) is 18.6 Å². The molecule has 4 rings (SSSR count). The summed E-state index contributed by atoms with van der Waals surface area (Å²) < 4.78 is 15.4. The molecule has 30 heavy (non-hydrogen) atoms. The molecule has 0 bridgehead atoms. The standard InChI is InChI=1S/C22H25N3O5/c1-28-16-8-12(9-17(29-2)22(16)27)20-21-14(13-6-4-5-7-15(13)24-21)10-18(25-20)23-11-19(26)30-3/h4-9,18,20,23-25,27H,10-11H2,1-3H3/t18-,20+/m0/s1. The molecular weight excluding hydrogens is 386 g/mol. The Morgan fingerprint density at radius 1 is 1.17 bits per heavy atom.